The molecular weight excluding hydrogens is 618 g/mol. The molecule has 1 saturated carbocycles. The Morgan fingerprint density at radius 3 is 2.54 bits per heavy atom. The molecule has 3 aliphatic rings. The van der Waals surface area contributed by atoms with Gasteiger partial charge in [-0.2, -0.15) is 0 Å². The fourth-order valence-corrected chi connectivity index (χ4v) is 7.84. The summed E-state index contributed by atoms with van der Waals surface area (Å²) >= 11 is 0. The van der Waals surface area contributed by atoms with E-state index in [9.17, 15) is 19.8 Å². The van der Waals surface area contributed by atoms with Crippen LogP contribution in [0.5, 0.6) is 11.5 Å². The highest BCUT2D eigenvalue weighted by molar-refractivity contribution is 6.02. The van der Waals surface area contributed by atoms with E-state index in [0.717, 1.165) is 36.8 Å². The summed E-state index contributed by atoms with van der Waals surface area (Å²) in [4.78, 5) is 33.1. The number of nitrogens with zero attached hydrogens (tertiary/aromatic N) is 2. The maximum atomic E-state index is 13.5. The van der Waals surface area contributed by atoms with Crippen molar-refractivity contribution >= 4 is 17.9 Å². The van der Waals surface area contributed by atoms with E-state index >= 15 is 0 Å². The van der Waals surface area contributed by atoms with Gasteiger partial charge in [0.25, 0.3) is 0 Å². The third-order valence-electron chi connectivity index (χ3n) is 9.63. The van der Waals surface area contributed by atoms with E-state index in [1.165, 1.54) is 14.2 Å². The SMILES string of the molecule is C=CCO[C@@]12Oc3ccc(OC(=O)NCC)cc3[C@H]3[C@H](CCCCO)[C@@H](CCCCO)C=C(C(=NOC)C[C@@H]1N(CCC)C(=O)OC)[C@H]32. The van der Waals surface area contributed by atoms with E-state index in [4.69, 9.17) is 23.8 Å². The summed E-state index contributed by atoms with van der Waals surface area (Å²) in [5.74, 6) is -0.933. The number of fused-ring (bicyclic) bond motifs is 2. The third-order valence-corrected chi connectivity index (χ3v) is 9.63. The summed E-state index contributed by atoms with van der Waals surface area (Å²) in [5.41, 5.74) is 2.49. The molecular formula is C36H53N3O9. The molecule has 12 nitrogen and oxygen atoms in total. The number of carbonyl (C=O) groups excluding carboxylic acids is 2. The molecule has 12 heteroatoms. The Hall–Kier alpha value is -3.61. The van der Waals surface area contributed by atoms with Crippen molar-refractivity contribution in [2.24, 2.45) is 22.9 Å². The van der Waals surface area contributed by atoms with Crippen LogP contribution < -0.4 is 14.8 Å². The van der Waals surface area contributed by atoms with Crippen molar-refractivity contribution in [2.75, 3.05) is 47.1 Å². The van der Waals surface area contributed by atoms with Gasteiger partial charge in [-0.25, -0.2) is 9.59 Å². The number of unbranched alkanes of at least 4 members (excludes halogenated alkanes) is 2. The van der Waals surface area contributed by atoms with Crippen LogP contribution in [0.4, 0.5) is 9.59 Å². The molecule has 1 aromatic rings. The number of methoxy groups -OCH3 is 1. The molecule has 0 radical (unpaired) electrons. The zero-order chi connectivity index (χ0) is 34.7. The van der Waals surface area contributed by atoms with Crippen LogP contribution in [0.2, 0.25) is 0 Å². The second kappa shape index (κ2) is 17.7. The largest absolute Gasteiger partial charge is 0.459 e. The van der Waals surface area contributed by atoms with Crippen molar-refractivity contribution in [3.63, 3.8) is 0 Å². The number of hydrogen-bond acceptors (Lipinski definition) is 10. The first-order valence-electron chi connectivity index (χ1n) is 17.3. The summed E-state index contributed by atoms with van der Waals surface area (Å²) in [6.45, 7) is 8.93. The van der Waals surface area contributed by atoms with Crippen LogP contribution >= 0.6 is 0 Å². The van der Waals surface area contributed by atoms with Gasteiger partial charge in [-0.05, 0) is 74.6 Å². The third kappa shape index (κ3) is 7.82. The standard InChI is InChI=1S/C36H53N3O9/c1-6-17-39(35(43)44-4)31-23-29(38-45-5)27-21-24(13-9-11-18-40)26(14-10-12-19-41)32-28-22-25(47-34(42)37-8-3)15-16-30(28)48-36(31,33(27)32)46-20-7-2/h7,15-16,21-22,24,26,31-33,40-41H,2,6,8-14,17-20,23H2,1,3-5H3,(H,37,42)/t24-,26+,31-,32+,33+,36+/m0/s1. The van der Waals surface area contributed by atoms with Crippen molar-refractivity contribution in [3.8, 4) is 11.5 Å². The fourth-order valence-electron chi connectivity index (χ4n) is 7.84. The van der Waals surface area contributed by atoms with Gasteiger partial charge in [-0.1, -0.05) is 37.1 Å². The lowest BCUT2D eigenvalue weighted by molar-refractivity contribution is -0.255. The van der Waals surface area contributed by atoms with Crippen LogP contribution in [-0.2, 0) is 14.3 Å². The number of benzene rings is 1. The van der Waals surface area contributed by atoms with Gasteiger partial charge in [-0.3, -0.25) is 4.90 Å². The van der Waals surface area contributed by atoms with E-state index < -0.39 is 29.9 Å². The van der Waals surface area contributed by atoms with Crippen molar-refractivity contribution in [2.45, 2.75) is 83.0 Å². The van der Waals surface area contributed by atoms with Gasteiger partial charge in [0.1, 0.15) is 24.7 Å². The highest BCUT2D eigenvalue weighted by atomic mass is 16.7. The molecule has 1 aliphatic heterocycles. The quantitative estimate of drug-likeness (QED) is 0.110. The zero-order valence-electron chi connectivity index (χ0n) is 28.8. The summed E-state index contributed by atoms with van der Waals surface area (Å²) in [7, 11) is 2.88. The number of aliphatic hydroxyl groups is 2. The summed E-state index contributed by atoms with van der Waals surface area (Å²) in [5, 5.41) is 26.6. The molecule has 1 heterocycles. The van der Waals surface area contributed by atoms with Crippen LogP contribution in [0.25, 0.3) is 0 Å². The van der Waals surface area contributed by atoms with Crippen molar-refractivity contribution < 1.29 is 43.6 Å². The lowest BCUT2D eigenvalue weighted by Crippen LogP contribution is -2.70. The highest BCUT2D eigenvalue weighted by Crippen LogP contribution is 2.61. The molecule has 4 rings (SSSR count). The number of nitrogens with one attached hydrogen (secondary N) is 1. The monoisotopic (exact) mass is 671 g/mol. The van der Waals surface area contributed by atoms with E-state index in [0.29, 0.717) is 56.0 Å². The number of ether oxygens (including phenoxy) is 4. The minimum atomic E-state index is -1.36. The number of amides is 2. The topological polar surface area (TPSA) is 148 Å². The van der Waals surface area contributed by atoms with Crippen LogP contribution in [0.15, 0.2) is 47.7 Å². The minimum Gasteiger partial charge on any atom is -0.459 e. The normalized spacial score (nSPS) is 26.3. The Morgan fingerprint density at radius 2 is 1.90 bits per heavy atom. The van der Waals surface area contributed by atoms with Crippen molar-refractivity contribution in [1.29, 1.82) is 0 Å². The second-order valence-corrected chi connectivity index (χ2v) is 12.5. The first-order valence-corrected chi connectivity index (χ1v) is 17.3. The molecule has 0 aromatic heterocycles. The molecule has 6 atom stereocenters. The van der Waals surface area contributed by atoms with Gasteiger partial charge < -0.3 is 39.3 Å². The summed E-state index contributed by atoms with van der Waals surface area (Å²) in [6.07, 6.45) is 8.44. The van der Waals surface area contributed by atoms with E-state index in [1.807, 2.05) is 19.9 Å². The Morgan fingerprint density at radius 1 is 1.15 bits per heavy atom. The molecule has 1 aromatic carbocycles. The van der Waals surface area contributed by atoms with Crippen LogP contribution in [0, 0.1) is 17.8 Å². The molecule has 48 heavy (non-hydrogen) atoms. The maximum Gasteiger partial charge on any atom is 0.412 e. The van der Waals surface area contributed by atoms with Crippen molar-refractivity contribution in [3.05, 3.63) is 48.1 Å². The van der Waals surface area contributed by atoms with Gasteiger partial charge in [0.15, 0.2) is 0 Å². The smallest absolute Gasteiger partial charge is 0.412 e. The molecule has 0 bridgehead atoms. The number of aliphatic hydroxyl groups excluding tert-OH is 2. The Labute approximate surface area is 284 Å². The van der Waals surface area contributed by atoms with Crippen LogP contribution in [-0.4, -0.2) is 92.0 Å². The molecule has 3 N–H and O–H groups in total. The zero-order valence-corrected chi connectivity index (χ0v) is 28.8. The fraction of sp³-hybridized carbons (Fsp3) is 0.639. The van der Waals surface area contributed by atoms with E-state index in [-0.39, 0.29) is 37.6 Å². The number of rotatable bonds is 17. The van der Waals surface area contributed by atoms with E-state index in [2.05, 4.69) is 23.1 Å². The van der Waals surface area contributed by atoms with Crippen LogP contribution in [0.3, 0.4) is 0 Å². The first-order chi connectivity index (χ1) is 23.3. The van der Waals surface area contributed by atoms with Gasteiger partial charge in [-0.15, -0.1) is 6.58 Å². The minimum absolute atomic E-state index is 0.0540. The van der Waals surface area contributed by atoms with E-state index in [1.54, 1.807) is 23.1 Å². The molecule has 2 aliphatic carbocycles. The predicted molar refractivity (Wildman–Crippen MR) is 181 cm³/mol. The summed E-state index contributed by atoms with van der Waals surface area (Å²) in [6, 6.07) is 4.74. The van der Waals surface area contributed by atoms with Gasteiger partial charge >= 0.3 is 12.2 Å². The number of carbonyl (C=O) groups is 2. The van der Waals surface area contributed by atoms with Gasteiger partial charge in [0, 0.05) is 44.2 Å². The average Bonchev–Trinajstić information content (AvgIpc) is 3.08. The van der Waals surface area contributed by atoms with Crippen molar-refractivity contribution in [1.82, 2.24) is 10.2 Å². The van der Waals surface area contributed by atoms with Gasteiger partial charge in [0.2, 0.25) is 5.79 Å². The maximum absolute atomic E-state index is 13.5. The highest BCUT2D eigenvalue weighted by Gasteiger charge is 2.65. The first kappa shape index (κ1) is 37.2. The lowest BCUT2D eigenvalue weighted by atomic mass is 9.55. The predicted octanol–water partition coefficient (Wildman–Crippen LogP) is 5.54. The second-order valence-electron chi connectivity index (χ2n) is 12.5. The molecule has 0 spiro atoms. The molecule has 266 valence electrons. The number of hydrogen-bond donors (Lipinski definition) is 3. The number of oxime groups is 1. The molecule has 0 unspecified atom stereocenters. The summed E-state index contributed by atoms with van der Waals surface area (Å²) < 4.78 is 24.9. The Kier molecular flexibility index (Phi) is 13.7. The Balaban J connectivity index is 2.02. The molecule has 0 saturated heterocycles. The lowest BCUT2D eigenvalue weighted by Gasteiger charge is -2.59. The molecule has 2 amide bonds. The van der Waals surface area contributed by atoms with Crippen LogP contribution in [0.1, 0.15) is 76.7 Å². The number of allylic oxidation sites excluding steroid dienone is 1. The average molecular weight is 672 g/mol. The molecule has 1 fully saturated rings. The van der Waals surface area contributed by atoms with Gasteiger partial charge in [0.05, 0.1) is 25.3 Å². The Bertz CT molecular complexity index is 1320.